The average Bonchev–Trinajstić information content (AvgIpc) is 2.93. The summed E-state index contributed by atoms with van der Waals surface area (Å²) >= 11 is 0. The first kappa shape index (κ1) is 26.9. The molecule has 1 unspecified atom stereocenters. The minimum absolute atomic E-state index is 0.0185. The van der Waals surface area contributed by atoms with E-state index in [1.165, 1.54) is 0 Å². The van der Waals surface area contributed by atoms with E-state index < -0.39 is 16.5 Å². The Bertz CT molecular complexity index is 1450. The van der Waals surface area contributed by atoms with E-state index in [-0.39, 0.29) is 23.5 Å². The Morgan fingerprint density at radius 3 is 1.87 bits per heavy atom. The van der Waals surface area contributed by atoms with Crippen LogP contribution in [-0.4, -0.2) is 19.8 Å². The second-order valence-electron chi connectivity index (χ2n) is 10.2. The summed E-state index contributed by atoms with van der Waals surface area (Å²) in [4.78, 5) is 24.5. The summed E-state index contributed by atoms with van der Waals surface area (Å²) < 4.78 is 16.4. The molecule has 38 heavy (non-hydrogen) atoms. The van der Waals surface area contributed by atoms with Crippen LogP contribution in [0.2, 0.25) is 0 Å². The largest absolute Gasteiger partial charge is 0.497 e. The summed E-state index contributed by atoms with van der Waals surface area (Å²) in [5, 5.41) is 6.85. The van der Waals surface area contributed by atoms with Crippen molar-refractivity contribution in [1.82, 2.24) is 5.32 Å². The molecule has 0 saturated heterocycles. The van der Waals surface area contributed by atoms with Gasteiger partial charge in [-0.05, 0) is 80.8 Å². The van der Waals surface area contributed by atoms with Gasteiger partial charge in [-0.15, -0.1) is 0 Å². The Kier molecular flexibility index (Phi) is 7.88. The zero-order chi connectivity index (χ0) is 27.4. The standard InChI is InChI=1S/C31H34N2O5/c1-19(20-10-14-24(36-5)15-11-20)32-26(21-12-16-25(37-6)17-13-21)22-8-7-9-23(18-22)33-27-28(34)29(35)30(27)38-31(2,3)4/h7-19,26,32-33H,1-6H3/t19-,26?/m1/s1. The van der Waals surface area contributed by atoms with E-state index in [1.54, 1.807) is 14.2 Å². The number of nitrogens with one attached hydrogen (secondary N) is 2. The van der Waals surface area contributed by atoms with Gasteiger partial charge in [-0.25, -0.2) is 0 Å². The van der Waals surface area contributed by atoms with Crippen LogP contribution in [0.1, 0.15) is 56.5 Å². The first-order valence-electron chi connectivity index (χ1n) is 12.5. The lowest BCUT2D eigenvalue weighted by Crippen LogP contribution is -2.39. The zero-order valence-electron chi connectivity index (χ0n) is 22.6. The van der Waals surface area contributed by atoms with E-state index in [4.69, 9.17) is 14.2 Å². The Morgan fingerprint density at radius 2 is 1.32 bits per heavy atom. The molecular weight excluding hydrogens is 480 g/mol. The molecule has 0 radical (unpaired) electrons. The molecule has 0 heterocycles. The smallest absolute Gasteiger partial charge is 0.272 e. The molecule has 198 valence electrons. The molecule has 0 spiro atoms. The van der Waals surface area contributed by atoms with E-state index in [1.807, 2.05) is 93.6 Å². The van der Waals surface area contributed by atoms with Crippen molar-refractivity contribution in [2.75, 3.05) is 19.5 Å². The Morgan fingerprint density at radius 1 is 0.737 bits per heavy atom. The normalized spacial score (nSPS) is 13.1. The maximum absolute atomic E-state index is 12.3. The zero-order valence-corrected chi connectivity index (χ0v) is 22.6. The lowest BCUT2D eigenvalue weighted by molar-refractivity contribution is 0.128. The van der Waals surface area contributed by atoms with E-state index in [0.717, 1.165) is 28.2 Å². The third-order valence-corrected chi connectivity index (χ3v) is 6.25. The fraction of sp³-hybridized carbons (Fsp3) is 0.290. The second-order valence-corrected chi connectivity index (χ2v) is 10.2. The molecular formula is C31H34N2O5. The van der Waals surface area contributed by atoms with Crippen LogP contribution in [0.25, 0.3) is 0 Å². The molecule has 2 N–H and O–H groups in total. The minimum Gasteiger partial charge on any atom is -0.497 e. The van der Waals surface area contributed by atoms with Crippen LogP contribution in [0, 0.1) is 0 Å². The van der Waals surface area contributed by atoms with Gasteiger partial charge in [-0.3, -0.25) is 14.9 Å². The number of hydrogen-bond donors (Lipinski definition) is 2. The summed E-state index contributed by atoms with van der Waals surface area (Å²) in [6, 6.07) is 23.5. The van der Waals surface area contributed by atoms with Crippen molar-refractivity contribution in [3.05, 3.63) is 110 Å². The van der Waals surface area contributed by atoms with Crippen molar-refractivity contribution >= 4 is 11.4 Å². The van der Waals surface area contributed by atoms with E-state index in [9.17, 15) is 9.59 Å². The van der Waals surface area contributed by atoms with Gasteiger partial charge in [0, 0.05) is 11.7 Å². The summed E-state index contributed by atoms with van der Waals surface area (Å²) in [5.74, 6) is 1.66. The van der Waals surface area contributed by atoms with E-state index >= 15 is 0 Å². The van der Waals surface area contributed by atoms with Gasteiger partial charge in [0.15, 0.2) is 5.75 Å². The molecule has 7 heteroatoms. The van der Waals surface area contributed by atoms with Crippen LogP contribution in [0.15, 0.2) is 82.4 Å². The van der Waals surface area contributed by atoms with Crippen LogP contribution in [0.5, 0.6) is 17.2 Å². The van der Waals surface area contributed by atoms with Gasteiger partial charge >= 0.3 is 0 Å². The van der Waals surface area contributed by atoms with Crippen molar-refractivity contribution in [3.63, 3.8) is 0 Å². The lowest BCUT2D eigenvalue weighted by Gasteiger charge is -2.26. The highest BCUT2D eigenvalue weighted by Crippen LogP contribution is 2.31. The third-order valence-electron chi connectivity index (χ3n) is 6.25. The van der Waals surface area contributed by atoms with Gasteiger partial charge in [-0.1, -0.05) is 36.4 Å². The Hall–Kier alpha value is -4.10. The predicted octanol–water partition coefficient (Wildman–Crippen LogP) is 5.66. The van der Waals surface area contributed by atoms with Crippen LogP contribution in [0.4, 0.5) is 11.4 Å². The number of benzene rings is 3. The van der Waals surface area contributed by atoms with Gasteiger partial charge in [0.05, 0.1) is 20.3 Å². The van der Waals surface area contributed by atoms with E-state index in [0.29, 0.717) is 5.69 Å². The number of ether oxygens (including phenoxy) is 3. The molecule has 2 atom stereocenters. The Labute approximate surface area is 223 Å². The average molecular weight is 515 g/mol. The molecule has 0 amide bonds. The van der Waals surface area contributed by atoms with Crippen LogP contribution < -0.4 is 35.7 Å². The highest BCUT2D eigenvalue weighted by Gasteiger charge is 2.27. The molecule has 4 aromatic rings. The summed E-state index contributed by atoms with van der Waals surface area (Å²) in [6.07, 6.45) is 0. The van der Waals surface area contributed by atoms with Crippen molar-refractivity contribution in [1.29, 1.82) is 0 Å². The third kappa shape index (κ3) is 6.06. The molecule has 7 nitrogen and oxygen atoms in total. The maximum atomic E-state index is 12.3. The molecule has 0 aliphatic heterocycles. The highest BCUT2D eigenvalue weighted by atomic mass is 16.5. The minimum atomic E-state index is -0.607. The molecule has 4 aromatic carbocycles. The molecule has 0 aromatic heterocycles. The van der Waals surface area contributed by atoms with E-state index in [2.05, 4.69) is 17.6 Å². The monoisotopic (exact) mass is 514 g/mol. The van der Waals surface area contributed by atoms with Crippen LogP contribution in [-0.2, 0) is 0 Å². The summed E-state index contributed by atoms with van der Waals surface area (Å²) in [5.41, 5.74) is 2.24. The Balaban J connectivity index is 1.65. The van der Waals surface area contributed by atoms with Gasteiger partial charge in [0.1, 0.15) is 22.8 Å². The molecule has 4 rings (SSSR count). The molecule has 0 bridgehead atoms. The van der Waals surface area contributed by atoms with Crippen molar-refractivity contribution in [2.45, 2.75) is 45.4 Å². The summed E-state index contributed by atoms with van der Waals surface area (Å²) in [7, 11) is 3.29. The highest BCUT2D eigenvalue weighted by molar-refractivity contribution is 5.70. The first-order valence-corrected chi connectivity index (χ1v) is 12.5. The van der Waals surface area contributed by atoms with Gasteiger partial charge in [0.2, 0.25) is 0 Å². The quantitative estimate of drug-likeness (QED) is 0.264. The number of anilines is 2. The van der Waals surface area contributed by atoms with Crippen LogP contribution in [0.3, 0.4) is 0 Å². The topological polar surface area (TPSA) is 85.9 Å². The number of rotatable bonds is 10. The lowest BCUT2D eigenvalue weighted by atomic mass is 9.96. The van der Waals surface area contributed by atoms with Crippen molar-refractivity contribution < 1.29 is 14.2 Å². The van der Waals surface area contributed by atoms with Crippen LogP contribution >= 0.6 is 0 Å². The fourth-order valence-corrected chi connectivity index (χ4v) is 4.25. The SMILES string of the molecule is COc1ccc(C(N[C@H](C)c2ccc(OC)cc2)c2cccc(Nc3c(OC(C)(C)C)c(=O)c3=O)c2)cc1. The molecule has 0 fully saturated rings. The number of hydrogen-bond acceptors (Lipinski definition) is 7. The molecule has 0 aliphatic rings. The fourth-order valence-electron chi connectivity index (χ4n) is 4.25. The summed E-state index contributed by atoms with van der Waals surface area (Å²) in [6.45, 7) is 7.62. The second kappa shape index (κ2) is 11.1. The van der Waals surface area contributed by atoms with Gasteiger partial charge < -0.3 is 19.5 Å². The predicted molar refractivity (Wildman–Crippen MR) is 151 cm³/mol. The van der Waals surface area contributed by atoms with Gasteiger partial charge in [0.25, 0.3) is 10.9 Å². The van der Waals surface area contributed by atoms with Crippen molar-refractivity contribution in [3.8, 4) is 17.2 Å². The number of methoxy groups -OCH3 is 2. The van der Waals surface area contributed by atoms with Gasteiger partial charge in [-0.2, -0.15) is 0 Å². The maximum Gasteiger partial charge on any atom is 0.272 e. The molecule has 0 aliphatic carbocycles. The van der Waals surface area contributed by atoms with Crippen molar-refractivity contribution in [2.24, 2.45) is 0 Å². The molecule has 0 saturated carbocycles. The first-order chi connectivity index (χ1) is 18.1.